The second kappa shape index (κ2) is 9.82. The number of aryl methyl sites for hydroxylation is 1. The second-order valence-electron chi connectivity index (χ2n) is 7.48. The number of nitrogen functional groups attached to an aromatic ring is 1. The summed E-state index contributed by atoms with van der Waals surface area (Å²) in [5.74, 6) is 0.385. The Hall–Kier alpha value is -4.73. The van der Waals surface area contributed by atoms with Crippen LogP contribution in [0.25, 0.3) is 0 Å². The zero-order chi connectivity index (χ0) is 24.1. The highest BCUT2D eigenvalue weighted by Gasteiger charge is 2.15. The zero-order valence-electron chi connectivity index (χ0n) is 18.6. The molecule has 0 atom stereocenters. The number of rotatable bonds is 7. The maximum absolute atomic E-state index is 12.9. The lowest BCUT2D eigenvalue weighted by molar-refractivity contribution is 0.101. The van der Waals surface area contributed by atoms with Gasteiger partial charge in [0, 0.05) is 23.6 Å². The smallest absolute Gasteiger partial charge is 0.275 e. The zero-order valence-corrected chi connectivity index (χ0v) is 18.6. The topological polar surface area (TPSA) is 137 Å². The number of nitrogens with two attached hydrogens (primary N) is 1. The highest BCUT2D eigenvalue weighted by Crippen LogP contribution is 2.22. The van der Waals surface area contributed by atoms with Crippen LogP contribution in [0.15, 0.2) is 67.3 Å². The summed E-state index contributed by atoms with van der Waals surface area (Å²) < 4.78 is 6.78. The Morgan fingerprint density at radius 3 is 2.50 bits per heavy atom. The highest BCUT2D eigenvalue weighted by atomic mass is 16.5. The molecule has 0 saturated carbocycles. The molecule has 10 nitrogen and oxygen atoms in total. The van der Waals surface area contributed by atoms with Crippen LogP contribution >= 0.6 is 0 Å². The van der Waals surface area contributed by atoms with Crippen molar-refractivity contribution in [3.8, 4) is 5.75 Å². The van der Waals surface area contributed by atoms with Gasteiger partial charge in [0.25, 0.3) is 11.8 Å². The quantitative estimate of drug-likeness (QED) is 0.388. The largest absolute Gasteiger partial charge is 0.497 e. The Kier molecular flexibility index (Phi) is 6.49. The molecule has 0 radical (unpaired) electrons. The van der Waals surface area contributed by atoms with Crippen molar-refractivity contribution < 1.29 is 14.3 Å². The van der Waals surface area contributed by atoms with Crippen molar-refractivity contribution in [1.82, 2.24) is 19.7 Å². The third-order valence-electron chi connectivity index (χ3n) is 5.14. The van der Waals surface area contributed by atoms with Crippen molar-refractivity contribution in [2.75, 3.05) is 23.5 Å². The lowest BCUT2D eigenvalue weighted by Gasteiger charge is -2.11. The number of carbonyl (C=O) groups excluding carboxylic acids is 2. The monoisotopic (exact) mass is 457 g/mol. The van der Waals surface area contributed by atoms with E-state index in [1.165, 1.54) is 24.8 Å². The first kappa shape index (κ1) is 22.5. The van der Waals surface area contributed by atoms with Crippen LogP contribution in [0.1, 0.15) is 32.0 Å². The Bertz CT molecular complexity index is 1320. The molecule has 0 aliphatic heterocycles. The fourth-order valence-corrected chi connectivity index (χ4v) is 3.32. The van der Waals surface area contributed by atoms with Gasteiger partial charge in [-0.15, -0.1) is 0 Å². The molecule has 0 saturated heterocycles. The van der Waals surface area contributed by atoms with E-state index in [4.69, 9.17) is 10.5 Å². The van der Waals surface area contributed by atoms with Crippen molar-refractivity contribution in [3.63, 3.8) is 0 Å². The number of benzene rings is 2. The molecule has 0 unspecified atom stereocenters. The molecule has 0 spiro atoms. The molecule has 10 heteroatoms. The molecule has 34 heavy (non-hydrogen) atoms. The first-order chi connectivity index (χ1) is 16.4. The molecule has 0 fully saturated rings. The van der Waals surface area contributed by atoms with Gasteiger partial charge in [-0.2, -0.15) is 5.10 Å². The van der Waals surface area contributed by atoms with Gasteiger partial charge in [-0.25, -0.2) is 9.67 Å². The molecule has 4 aromatic rings. The maximum Gasteiger partial charge on any atom is 0.275 e. The van der Waals surface area contributed by atoms with Crippen LogP contribution in [0, 0.1) is 6.92 Å². The lowest BCUT2D eigenvalue weighted by Crippen LogP contribution is -2.16. The normalized spacial score (nSPS) is 10.5. The van der Waals surface area contributed by atoms with Gasteiger partial charge in [0.1, 0.15) is 22.9 Å². The summed E-state index contributed by atoms with van der Waals surface area (Å²) in [5.41, 5.74) is 9.47. The van der Waals surface area contributed by atoms with Crippen LogP contribution in [0.2, 0.25) is 0 Å². The first-order valence-electron chi connectivity index (χ1n) is 10.4. The molecule has 2 heterocycles. The minimum Gasteiger partial charge on any atom is -0.497 e. The third-order valence-corrected chi connectivity index (χ3v) is 5.14. The molecule has 0 bridgehead atoms. The van der Waals surface area contributed by atoms with E-state index in [1.54, 1.807) is 36.9 Å². The van der Waals surface area contributed by atoms with Gasteiger partial charge >= 0.3 is 0 Å². The average molecular weight is 457 g/mol. The SMILES string of the molecule is COc1ccc(Cn2ncc(NC(=O)c3ccc(NC(=O)c4cnccn4)cc3C)c2N)cc1. The standard InChI is InChI=1S/C24H23N7O3/c1-15-11-17(29-24(33)21-12-26-9-10-27-21)5-8-19(15)23(32)30-20-13-28-31(22(20)25)14-16-3-6-18(34-2)7-4-16/h3-13H,14,25H2,1-2H3,(H,29,33)(H,30,32). The predicted molar refractivity (Wildman–Crippen MR) is 128 cm³/mol. The molecule has 0 aliphatic rings. The number of aromatic nitrogens is 4. The summed E-state index contributed by atoms with van der Waals surface area (Å²) in [4.78, 5) is 33.0. The summed E-state index contributed by atoms with van der Waals surface area (Å²) in [6.45, 7) is 2.23. The molecule has 2 amide bonds. The van der Waals surface area contributed by atoms with Gasteiger partial charge in [-0.1, -0.05) is 12.1 Å². The van der Waals surface area contributed by atoms with Gasteiger partial charge in [-0.05, 0) is 48.4 Å². The minimum atomic E-state index is -0.387. The number of hydrogen-bond donors (Lipinski definition) is 3. The van der Waals surface area contributed by atoms with E-state index in [2.05, 4.69) is 25.7 Å². The van der Waals surface area contributed by atoms with Crippen LogP contribution in [0.5, 0.6) is 5.75 Å². The van der Waals surface area contributed by atoms with Crippen molar-refractivity contribution in [3.05, 3.63) is 89.6 Å². The molecular weight excluding hydrogens is 434 g/mol. The summed E-state index contributed by atoms with van der Waals surface area (Å²) in [6, 6.07) is 12.6. The minimum absolute atomic E-state index is 0.198. The number of anilines is 3. The fourth-order valence-electron chi connectivity index (χ4n) is 3.32. The predicted octanol–water partition coefficient (Wildman–Crippen LogP) is 3.13. The molecule has 2 aromatic carbocycles. The third kappa shape index (κ3) is 5.01. The van der Waals surface area contributed by atoms with Crippen LogP contribution in [-0.4, -0.2) is 38.7 Å². The van der Waals surface area contributed by atoms with Gasteiger partial charge in [0.15, 0.2) is 0 Å². The fraction of sp³-hybridized carbons (Fsp3) is 0.125. The van der Waals surface area contributed by atoms with Gasteiger partial charge in [-0.3, -0.25) is 14.6 Å². The lowest BCUT2D eigenvalue weighted by atomic mass is 10.1. The number of methoxy groups -OCH3 is 1. The van der Waals surface area contributed by atoms with E-state index in [0.29, 0.717) is 34.9 Å². The Labute approximate surface area is 195 Å². The van der Waals surface area contributed by atoms with Crippen molar-refractivity contribution in [2.24, 2.45) is 0 Å². The van der Waals surface area contributed by atoms with E-state index in [0.717, 1.165) is 11.3 Å². The number of nitrogens with zero attached hydrogens (tertiary/aromatic N) is 4. The Balaban J connectivity index is 1.43. The highest BCUT2D eigenvalue weighted by molar-refractivity contribution is 6.07. The van der Waals surface area contributed by atoms with E-state index >= 15 is 0 Å². The van der Waals surface area contributed by atoms with Crippen LogP contribution in [0.4, 0.5) is 17.2 Å². The van der Waals surface area contributed by atoms with Gasteiger partial charge < -0.3 is 21.1 Å². The number of ether oxygens (including phenoxy) is 1. The molecule has 172 valence electrons. The number of nitrogens with one attached hydrogen (secondary N) is 2. The average Bonchev–Trinajstić information content (AvgIpc) is 3.18. The van der Waals surface area contributed by atoms with Crippen LogP contribution in [-0.2, 0) is 6.54 Å². The van der Waals surface area contributed by atoms with E-state index in [1.807, 2.05) is 24.3 Å². The molecule has 4 rings (SSSR count). The van der Waals surface area contributed by atoms with Crippen molar-refractivity contribution >= 4 is 29.0 Å². The van der Waals surface area contributed by atoms with Crippen LogP contribution < -0.4 is 21.1 Å². The van der Waals surface area contributed by atoms with E-state index in [9.17, 15) is 9.59 Å². The van der Waals surface area contributed by atoms with Crippen molar-refractivity contribution in [2.45, 2.75) is 13.5 Å². The number of carbonyl (C=O) groups is 2. The maximum atomic E-state index is 12.9. The first-order valence-corrected chi connectivity index (χ1v) is 10.4. The van der Waals surface area contributed by atoms with Gasteiger partial charge in [0.2, 0.25) is 0 Å². The second-order valence-corrected chi connectivity index (χ2v) is 7.48. The Morgan fingerprint density at radius 1 is 1.03 bits per heavy atom. The van der Waals surface area contributed by atoms with E-state index in [-0.39, 0.29) is 17.5 Å². The van der Waals surface area contributed by atoms with Crippen molar-refractivity contribution in [1.29, 1.82) is 0 Å². The summed E-state index contributed by atoms with van der Waals surface area (Å²) >= 11 is 0. The molecule has 2 aromatic heterocycles. The van der Waals surface area contributed by atoms with E-state index < -0.39 is 0 Å². The Morgan fingerprint density at radius 2 is 1.82 bits per heavy atom. The summed E-state index contributed by atoms with van der Waals surface area (Å²) in [6.07, 6.45) is 5.83. The van der Waals surface area contributed by atoms with Crippen LogP contribution in [0.3, 0.4) is 0 Å². The summed E-state index contributed by atoms with van der Waals surface area (Å²) in [5, 5.41) is 9.83. The summed E-state index contributed by atoms with van der Waals surface area (Å²) in [7, 11) is 1.61. The number of hydrogen-bond acceptors (Lipinski definition) is 7. The molecule has 4 N–H and O–H groups in total. The molecular formula is C24H23N7O3. The number of amides is 2. The van der Waals surface area contributed by atoms with Gasteiger partial charge in [0.05, 0.1) is 26.0 Å². The molecule has 0 aliphatic carbocycles.